The second-order valence-electron chi connectivity index (χ2n) is 3.41. The van der Waals surface area contributed by atoms with Crippen LogP contribution in [0.2, 0.25) is 0 Å². The van der Waals surface area contributed by atoms with Crippen LogP contribution in [0.4, 0.5) is 0 Å². The van der Waals surface area contributed by atoms with E-state index in [1.165, 1.54) is 0 Å². The van der Waals surface area contributed by atoms with Gasteiger partial charge in [-0.1, -0.05) is 6.92 Å². The number of nitrogens with two attached hydrogens (primary N) is 1. The first kappa shape index (κ1) is 12.8. The zero-order chi connectivity index (χ0) is 10.3. The molecule has 0 aliphatic rings. The molecule has 0 bridgehead atoms. The van der Waals surface area contributed by atoms with Crippen molar-refractivity contribution in [3.8, 4) is 0 Å². The standard InChI is InChI=1S/C9H20N2OS/c1-4-8(10)5-13-6-9(12)11-7(2)3/h7-8H,4-6,10H2,1-3H3,(H,11,12). The molecule has 3 nitrogen and oxygen atoms in total. The molecule has 1 atom stereocenters. The van der Waals surface area contributed by atoms with Gasteiger partial charge in [-0.25, -0.2) is 0 Å². The second-order valence-corrected chi connectivity index (χ2v) is 4.44. The molecule has 78 valence electrons. The van der Waals surface area contributed by atoms with Gasteiger partial charge >= 0.3 is 0 Å². The normalized spacial score (nSPS) is 13.0. The summed E-state index contributed by atoms with van der Waals surface area (Å²) in [7, 11) is 0. The number of carbonyl (C=O) groups excluding carboxylic acids is 1. The van der Waals surface area contributed by atoms with Crippen LogP contribution >= 0.6 is 11.8 Å². The molecule has 0 saturated heterocycles. The molecule has 0 rings (SSSR count). The van der Waals surface area contributed by atoms with Gasteiger partial charge in [-0.15, -0.1) is 0 Å². The second kappa shape index (κ2) is 7.21. The molecule has 0 heterocycles. The average Bonchev–Trinajstić information content (AvgIpc) is 2.02. The highest BCUT2D eigenvalue weighted by Crippen LogP contribution is 2.03. The molecule has 0 aromatic rings. The van der Waals surface area contributed by atoms with Crippen LogP contribution in [0.3, 0.4) is 0 Å². The van der Waals surface area contributed by atoms with E-state index in [2.05, 4.69) is 12.2 Å². The summed E-state index contributed by atoms with van der Waals surface area (Å²) in [6, 6.07) is 0.449. The van der Waals surface area contributed by atoms with Gasteiger partial charge < -0.3 is 11.1 Å². The quantitative estimate of drug-likeness (QED) is 0.678. The highest BCUT2D eigenvalue weighted by atomic mass is 32.2. The Morgan fingerprint density at radius 2 is 2.15 bits per heavy atom. The first-order chi connectivity index (χ1) is 6.06. The molecule has 0 radical (unpaired) electrons. The first-order valence-electron chi connectivity index (χ1n) is 4.69. The molecule has 3 N–H and O–H groups in total. The first-order valence-corrected chi connectivity index (χ1v) is 5.84. The maximum Gasteiger partial charge on any atom is 0.230 e. The van der Waals surface area contributed by atoms with E-state index in [-0.39, 0.29) is 18.0 Å². The number of amides is 1. The fourth-order valence-electron chi connectivity index (χ4n) is 0.784. The van der Waals surface area contributed by atoms with E-state index in [4.69, 9.17) is 5.73 Å². The number of hydrogen-bond acceptors (Lipinski definition) is 3. The Morgan fingerprint density at radius 1 is 1.54 bits per heavy atom. The molecule has 1 unspecified atom stereocenters. The van der Waals surface area contributed by atoms with Crippen molar-refractivity contribution in [2.24, 2.45) is 5.73 Å². The van der Waals surface area contributed by atoms with E-state index >= 15 is 0 Å². The van der Waals surface area contributed by atoms with Gasteiger partial charge in [0.2, 0.25) is 5.91 Å². The summed E-state index contributed by atoms with van der Waals surface area (Å²) in [4.78, 5) is 11.2. The van der Waals surface area contributed by atoms with Crippen LogP contribution in [0.1, 0.15) is 27.2 Å². The number of nitrogens with one attached hydrogen (secondary N) is 1. The van der Waals surface area contributed by atoms with Crippen molar-refractivity contribution in [2.45, 2.75) is 39.3 Å². The lowest BCUT2D eigenvalue weighted by atomic mass is 10.3. The van der Waals surface area contributed by atoms with Crippen molar-refractivity contribution in [1.29, 1.82) is 0 Å². The fraction of sp³-hybridized carbons (Fsp3) is 0.889. The van der Waals surface area contributed by atoms with E-state index in [9.17, 15) is 4.79 Å². The molecule has 1 amide bonds. The molecule has 0 aliphatic carbocycles. The van der Waals surface area contributed by atoms with Gasteiger partial charge in [0, 0.05) is 17.8 Å². The Hall–Kier alpha value is -0.220. The van der Waals surface area contributed by atoms with Crippen LogP contribution in [-0.2, 0) is 4.79 Å². The summed E-state index contributed by atoms with van der Waals surface area (Å²) in [6.45, 7) is 5.97. The summed E-state index contributed by atoms with van der Waals surface area (Å²) < 4.78 is 0. The van der Waals surface area contributed by atoms with Crippen molar-refractivity contribution in [3.05, 3.63) is 0 Å². The van der Waals surface area contributed by atoms with Gasteiger partial charge in [-0.05, 0) is 20.3 Å². The number of carbonyl (C=O) groups is 1. The van der Waals surface area contributed by atoms with Gasteiger partial charge in [0.05, 0.1) is 5.75 Å². The third-order valence-electron chi connectivity index (χ3n) is 1.54. The molecule has 4 heteroatoms. The summed E-state index contributed by atoms with van der Waals surface area (Å²) in [6.07, 6.45) is 0.971. The Bertz CT molecular complexity index is 151. The number of rotatable bonds is 6. The fourth-order valence-corrected chi connectivity index (χ4v) is 1.71. The molecule has 0 aliphatic heterocycles. The summed E-state index contributed by atoms with van der Waals surface area (Å²) in [5.74, 6) is 1.48. The predicted octanol–water partition coefficient (Wildman–Crippen LogP) is 0.981. The van der Waals surface area contributed by atoms with Gasteiger partial charge in [0.15, 0.2) is 0 Å². The minimum absolute atomic E-state index is 0.100. The minimum Gasteiger partial charge on any atom is -0.353 e. The van der Waals surface area contributed by atoms with Gasteiger partial charge in [0.25, 0.3) is 0 Å². The van der Waals surface area contributed by atoms with Crippen LogP contribution in [0.15, 0.2) is 0 Å². The molecule has 0 saturated carbocycles. The zero-order valence-corrected chi connectivity index (χ0v) is 9.49. The smallest absolute Gasteiger partial charge is 0.230 e. The largest absolute Gasteiger partial charge is 0.353 e. The zero-order valence-electron chi connectivity index (χ0n) is 8.67. The molecule has 0 fully saturated rings. The van der Waals surface area contributed by atoms with Crippen LogP contribution < -0.4 is 11.1 Å². The van der Waals surface area contributed by atoms with E-state index in [0.29, 0.717) is 5.75 Å². The van der Waals surface area contributed by atoms with E-state index in [0.717, 1.165) is 12.2 Å². The maximum absolute atomic E-state index is 11.2. The summed E-state index contributed by atoms with van der Waals surface area (Å²) >= 11 is 1.60. The average molecular weight is 204 g/mol. The van der Waals surface area contributed by atoms with Gasteiger partial charge in [0.1, 0.15) is 0 Å². The van der Waals surface area contributed by atoms with Crippen molar-refractivity contribution >= 4 is 17.7 Å². The Morgan fingerprint density at radius 3 is 2.62 bits per heavy atom. The minimum atomic E-state index is 0.100. The highest BCUT2D eigenvalue weighted by molar-refractivity contribution is 7.99. The Kier molecular flexibility index (Phi) is 7.09. The number of hydrogen-bond donors (Lipinski definition) is 2. The lowest BCUT2D eigenvalue weighted by molar-refractivity contribution is -0.119. The molecular formula is C9H20N2OS. The third kappa shape index (κ3) is 8.12. The van der Waals surface area contributed by atoms with Crippen molar-refractivity contribution in [3.63, 3.8) is 0 Å². The van der Waals surface area contributed by atoms with Gasteiger partial charge in [-0.2, -0.15) is 11.8 Å². The predicted molar refractivity (Wildman–Crippen MR) is 58.9 cm³/mol. The summed E-state index contributed by atoms with van der Waals surface area (Å²) in [5.41, 5.74) is 5.71. The van der Waals surface area contributed by atoms with Crippen molar-refractivity contribution in [2.75, 3.05) is 11.5 Å². The SMILES string of the molecule is CCC(N)CSCC(=O)NC(C)C. The topological polar surface area (TPSA) is 55.1 Å². The van der Waals surface area contributed by atoms with Crippen LogP contribution in [0.5, 0.6) is 0 Å². The van der Waals surface area contributed by atoms with E-state index in [1.54, 1.807) is 11.8 Å². The van der Waals surface area contributed by atoms with Crippen molar-refractivity contribution < 1.29 is 4.79 Å². The Labute approximate surface area is 84.8 Å². The molecule has 0 aromatic carbocycles. The van der Waals surface area contributed by atoms with Crippen LogP contribution in [0.25, 0.3) is 0 Å². The van der Waals surface area contributed by atoms with Gasteiger partial charge in [-0.3, -0.25) is 4.79 Å². The van der Waals surface area contributed by atoms with Crippen molar-refractivity contribution in [1.82, 2.24) is 5.32 Å². The summed E-state index contributed by atoms with van der Waals surface area (Å²) in [5, 5.41) is 2.83. The molecular weight excluding hydrogens is 184 g/mol. The molecule has 0 aromatic heterocycles. The molecule has 13 heavy (non-hydrogen) atoms. The number of thioether (sulfide) groups is 1. The van der Waals surface area contributed by atoms with E-state index < -0.39 is 0 Å². The lowest BCUT2D eigenvalue weighted by Gasteiger charge is -2.09. The van der Waals surface area contributed by atoms with E-state index in [1.807, 2.05) is 13.8 Å². The Balaban J connectivity index is 3.37. The van der Waals surface area contributed by atoms with Crippen LogP contribution in [-0.4, -0.2) is 29.5 Å². The third-order valence-corrected chi connectivity index (χ3v) is 2.67. The monoisotopic (exact) mass is 204 g/mol. The van der Waals surface area contributed by atoms with Crippen LogP contribution in [0, 0.1) is 0 Å². The maximum atomic E-state index is 11.2. The lowest BCUT2D eigenvalue weighted by Crippen LogP contribution is -2.32. The highest BCUT2D eigenvalue weighted by Gasteiger charge is 2.04. The molecule has 0 spiro atoms.